The van der Waals surface area contributed by atoms with Crippen molar-refractivity contribution in [3.63, 3.8) is 0 Å². The molecule has 0 aliphatic carbocycles. The second kappa shape index (κ2) is 5.82. The van der Waals surface area contributed by atoms with Crippen molar-refractivity contribution in [1.29, 1.82) is 0 Å². The Hall–Kier alpha value is -2.32. The monoisotopic (exact) mass is 317 g/mol. The van der Waals surface area contributed by atoms with E-state index < -0.39 is 22.4 Å². The van der Waals surface area contributed by atoms with Crippen LogP contribution in [-0.2, 0) is 11.0 Å². The molecule has 0 saturated carbocycles. The molecular formula is C13H14F3N3O3. The molecule has 1 atom stereocenters. The number of anilines is 1. The minimum Gasteiger partial charge on any atom is -0.361 e. The Labute approximate surface area is 124 Å². The van der Waals surface area contributed by atoms with Gasteiger partial charge in [0.2, 0.25) is 5.91 Å². The average molecular weight is 317 g/mol. The quantitative estimate of drug-likeness (QED) is 0.671. The minimum atomic E-state index is -4.65. The number of alkyl halides is 3. The maximum Gasteiger partial charge on any atom is 0.416 e. The van der Waals surface area contributed by atoms with Gasteiger partial charge in [-0.05, 0) is 19.1 Å². The number of carbonyl (C=O) groups is 1. The van der Waals surface area contributed by atoms with Crippen LogP contribution in [0, 0.1) is 10.1 Å². The average Bonchev–Trinajstić information content (AvgIpc) is 2.57. The fourth-order valence-electron chi connectivity index (χ4n) is 2.43. The van der Waals surface area contributed by atoms with Gasteiger partial charge in [0.15, 0.2) is 0 Å². The van der Waals surface area contributed by atoms with E-state index in [-0.39, 0.29) is 30.6 Å². The molecule has 1 saturated heterocycles. The number of rotatable bonds is 2. The number of halogens is 3. The highest BCUT2D eigenvalue weighted by Gasteiger charge is 2.34. The molecular weight excluding hydrogens is 303 g/mol. The van der Waals surface area contributed by atoms with Crippen molar-refractivity contribution in [3.05, 3.63) is 33.9 Å². The third-order valence-electron chi connectivity index (χ3n) is 3.50. The number of nitrogens with zero attached hydrogens (tertiary/aromatic N) is 2. The van der Waals surface area contributed by atoms with Crippen LogP contribution in [0.4, 0.5) is 24.5 Å². The summed E-state index contributed by atoms with van der Waals surface area (Å²) in [5.74, 6) is -0.190. The molecule has 0 spiro atoms. The minimum absolute atomic E-state index is 0.0852. The van der Waals surface area contributed by atoms with Crippen LogP contribution in [0.3, 0.4) is 0 Å². The fraction of sp³-hybridized carbons (Fsp3) is 0.462. The summed E-state index contributed by atoms with van der Waals surface area (Å²) in [6, 6.07) is 2.09. The first-order valence-corrected chi connectivity index (χ1v) is 6.59. The van der Waals surface area contributed by atoms with Crippen LogP contribution >= 0.6 is 0 Å². The molecule has 1 aliphatic heterocycles. The number of nitro groups is 1. The Kier molecular flexibility index (Phi) is 4.25. The molecule has 9 heteroatoms. The van der Waals surface area contributed by atoms with E-state index in [4.69, 9.17) is 0 Å². The van der Waals surface area contributed by atoms with E-state index in [1.165, 1.54) is 0 Å². The molecule has 1 aromatic carbocycles. The number of amides is 1. The van der Waals surface area contributed by atoms with Gasteiger partial charge >= 0.3 is 6.18 Å². The number of hydrogen-bond donors (Lipinski definition) is 1. The summed E-state index contributed by atoms with van der Waals surface area (Å²) < 4.78 is 38.1. The summed E-state index contributed by atoms with van der Waals surface area (Å²) in [6.07, 6.45) is -4.52. The largest absolute Gasteiger partial charge is 0.416 e. The molecule has 1 fully saturated rings. The van der Waals surface area contributed by atoms with Gasteiger partial charge in [-0.1, -0.05) is 0 Å². The highest BCUT2D eigenvalue weighted by Crippen LogP contribution is 2.37. The van der Waals surface area contributed by atoms with Gasteiger partial charge in [0.25, 0.3) is 5.69 Å². The van der Waals surface area contributed by atoms with Gasteiger partial charge in [-0.15, -0.1) is 0 Å². The van der Waals surface area contributed by atoms with Gasteiger partial charge in [0, 0.05) is 31.6 Å². The van der Waals surface area contributed by atoms with Crippen molar-refractivity contribution < 1.29 is 22.9 Å². The van der Waals surface area contributed by atoms with E-state index in [9.17, 15) is 28.1 Å². The third-order valence-corrected chi connectivity index (χ3v) is 3.50. The Balaban J connectivity index is 2.45. The van der Waals surface area contributed by atoms with Crippen molar-refractivity contribution in [2.45, 2.75) is 25.6 Å². The maximum atomic E-state index is 12.7. The molecule has 6 nitrogen and oxygen atoms in total. The summed E-state index contributed by atoms with van der Waals surface area (Å²) >= 11 is 0. The topological polar surface area (TPSA) is 75.5 Å². The molecule has 0 bridgehead atoms. The first kappa shape index (κ1) is 16.1. The Bertz CT molecular complexity index is 604. The molecule has 1 heterocycles. The lowest BCUT2D eigenvalue weighted by molar-refractivity contribution is -0.384. The lowest BCUT2D eigenvalue weighted by Crippen LogP contribution is -2.34. The van der Waals surface area contributed by atoms with E-state index in [0.29, 0.717) is 12.6 Å². The second-order valence-electron chi connectivity index (χ2n) is 5.05. The maximum absolute atomic E-state index is 12.7. The fourth-order valence-corrected chi connectivity index (χ4v) is 2.43. The third kappa shape index (κ3) is 3.29. The van der Waals surface area contributed by atoms with Gasteiger partial charge in [-0.3, -0.25) is 14.9 Å². The van der Waals surface area contributed by atoms with Crippen LogP contribution in [0.1, 0.15) is 18.9 Å². The van der Waals surface area contributed by atoms with Gasteiger partial charge in [0.05, 0.1) is 10.5 Å². The van der Waals surface area contributed by atoms with Crippen LogP contribution < -0.4 is 10.2 Å². The van der Waals surface area contributed by atoms with Crippen LogP contribution in [0.5, 0.6) is 0 Å². The van der Waals surface area contributed by atoms with E-state index in [0.717, 1.165) is 12.1 Å². The number of nitrogens with one attached hydrogen (secondary N) is 1. The lowest BCUT2D eigenvalue weighted by atomic mass is 10.1. The van der Waals surface area contributed by atoms with Crippen LogP contribution in [-0.4, -0.2) is 30.0 Å². The molecule has 0 radical (unpaired) electrons. The number of hydrogen-bond acceptors (Lipinski definition) is 4. The van der Waals surface area contributed by atoms with Crippen LogP contribution in [0.2, 0.25) is 0 Å². The summed E-state index contributed by atoms with van der Waals surface area (Å²) in [5.41, 5.74) is -1.60. The van der Waals surface area contributed by atoms with Gasteiger partial charge in [-0.2, -0.15) is 13.2 Å². The van der Waals surface area contributed by atoms with Gasteiger partial charge < -0.3 is 10.2 Å². The zero-order valence-corrected chi connectivity index (χ0v) is 11.7. The number of benzene rings is 1. The van der Waals surface area contributed by atoms with Crippen molar-refractivity contribution >= 4 is 17.3 Å². The predicted octanol–water partition coefficient (Wildman–Crippen LogP) is 2.33. The first-order chi connectivity index (χ1) is 10.2. The summed E-state index contributed by atoms with van der Waals surface area (Å²) in [4.78, 5) is 23.3. The molecule has 2 rings (SSSR count). The van der Waals surface area contributed by atoms with Crippen LogP contribution in [0.15, 0.2) is 18.2 Å². The van der Waals surface area contributed by atoms with E-state index in [2.05, 4.69) is 5.32 Å². The molecule has 1 unspecified atom stereocenters. The predicted molar refractivity (Wildman–Crippen MR) is 72.5 cm³/mol. The van der Waals surface area contributed by atoms with E-state index in [1.807, 2.05) is 0 Å². The van der Waals surface area contributed by atoms with Gasteiger partial charge in [-0.25, -0.2) is 0 Å². The summed E-state index contributed by atoms with van der Waals surface area (Å²) in [6.45, 7) is 2.27. The molecule has 1 aliphatic rings. The van der Waals surface area contributed by atoms with E-state index in [1.54, 1.807) is 11.8 Å². The van der Waals surface area contributed by atoms with Crippen molar-refractivity contribution in [2.24, 2.45) is 0 Å². The summed E-state index contributed by atoms with van der Waals surface area (Å²) in [7, 11) is 0. The molecule has 22 heavy (non-hydrogen) atoms. The smallest absolute Gasteiger partial charge is 0.361 e. The Morgan fingerprint density at radius 2 is 2.09 bits per heavy atom. The Morgan fingerprint density at radius 1 is 1.41 bits per heavy atom. The van der Waals surface area contributed by atoms with Crippen LogP contribution in [0.25, 0.3) is 0 Å². The van der Waals surface area contributed by atoms with Crippen molar-refractivity contribution in [1.82, 2.24) is 5.32 Å². The van der Waals surface area contributed by atoms with E-state index >= 15 is 0 Å². The SMILES string of the molecule is CC1CC(=O)NCCN1c1ccc(C(F)(F)F)cc1[N+](=O)[O-]. The highest BCUT2D eigenvalue weighted by molar-refractivity contribution is 5.78. The zero-order valence-electron chi connectivity index (χ0n) is 11.7. The molecule has 1 aromatic rings. The molecule has 1 amide bonds. The van der Waals surface area contributed by atoms with Crippen molar-refractivity contribution in [3.8, 4) is 0 Å². The van der Waals surface area contributed by atoms with Gasteiger partial charge in [0.1, 0.15) is 5.69 Å². The lowest BCUT2D eigenvalue weighted by Gasteiger charge is -2.28. The zero-order chi connectivity index (χ0) is 16.5. The first-order valence-electron chi connectivity index (χ1n) is 6.59. The summed E-state index contributed by atoms with van der Waals surface area (Å²) in [5, 5.41) is 13.8. The Morgan fingerprint density at radius 3 is 2.68 bits per heavy atom. The number of carbonyl (C=O) groups excluding carboxylic acids is 1. The second-order valence-corrected chi connectivity index (χ2v) is 5.05. The number of nitro benzene ring substituents is 1. The standard InChI is InChI=1S/C13H14F3N3O3/c1-8-6-12(20)17-4-5-18(8)10-3-2-9(13(14,15)16)7-11(10)19(21)22/h2-3,7-8H,4-6H2,1H3,(H,17,20). The molecule has 1 N–H and O–H groups in total. The molecule has 120 valence electrons. The normalized spacial score (nSPS) is 19.5. The van der Waals surface area contributed by atoms with Crippen molar-refractivity contribution in [2.75, 3.05) is 18.0 Å². The highest BCUT2D eigenvalue weighted by atomic mass is 19.4. The molecule has 0 aromatic heterocycles.